The summed E-state index contributed by atoms with van der Waals surface area (Å²) in [4.78, 5) is 15.9. The van der Waals surface area contributed by atoms with Crippen molar-refractivity contribution in [2.24, 2.45) is 0 Å². The number of hydrogen-bond donors (Lipinski definition) is 1. The molecular weight excluding hydrogens is 316 g/mol. The van der Waals surface area contributed by atoms with Crippen molar-refractivity contribution in [3.63, 3.8) is 0 Å². The molecule has 0 atom stereocenters. The van der Waals surface area contributed by atoms with Gasteiger partial charge in [0.15, 0.2) is 0 Å². The number of carbonyl (C=O) groups is 1. The lowest BCUT2D eigenvalue weighted by Gasteiger charge is -2.04. The van der Waals surface area contributed by atoms with Crippen molar-refractivity contribution < 1.29 is 18.1 Å². The lowest BCUT2D eigenvalue weighted by molar-refractivity contribution is 0.0949. The summed E-state index contributed by atoms with van der Waals surface area (Å²) >= 11 is 0. The van der Waals surface area contributed by atoms with Gasteiger partial charge in [0.05, 0.1) is 11.1 Å². The molecule has 0 aliphatic heterocycles. The number of carbonyl (C=O) groups excluding carboxylic acids is 1. The van der Waals surface area contributed by atoms with Gasteiger partial charge >= 0.3 is 0 Å². The van der Waals surface area contributed by atoms with Gasteiger partial charge in [-0.2, -0.15) is 4.98 Å². The van der Waals surface area contributed by atoms with Crippen LogP contribution in [-0.4, -0.2) is 22.6 Å². The topological polar surface area (TPSA) is 68.0 Å². The maximum atomic E-state index is 13.7. The molecule has 0 fully saturated rings. The molecule has 3 aromatic rings. The Morgan fingerprint density at radius 2 is 1.75 bits per heavy atom. The zero-order valence-corrected chi connectivity index (χ0v) is 12.5. The molecule has 7 heteroatoms. The van der Waals surface area contributed by atoms with Crippen LogP contribution in [0.2, 0.25) is 0 Å². The van der Waals surface area contributed by atoms with Gasteiger partial charge in [-0.15, -0.1) is 0 Å². The van der Waals surface area contributed by atoms with E-state index in [2.05, 4.69) is 15.5 Å². The number of aromatic nitrogens is 2. The van der Waals surface area contributed by atoms with E-state index in [0.29, 0.717) is 0 Å². The Bertz CT molecular complexity index is 864. The number of amides is 1. The van der Waals surface area contributed by atoms with Gasteiger partial charge in [-0.1, -0.05) is 29.4 Å². The highest BCUT2D eigenvalue weighted by Gasteiger charge is 2.13. The molecule has 0 aliphatic rings. The quantitative estimate of drug-likeness (QED) is 0.781. The lowest BCUT2D eigenvalue weighted by Crippen LogP contribution is -2.26. The van der Waals surface area contributed by atoms with Crippen LogP contribution in [0.5, 0.6) is 0 Å². The van der Waals surface area contributed by atoms with Crippen LogP contribution in [0.4, 0.5) is 8.78 Å². The summed E-state index contributed by atoms with van der Waals surface area (Å²) in [6.45, 7) is 0.187. The third kappa shape index (κ3) is 3.45. The third-order valence-corrected chi connectivity index (χ3v) is 3.33. The summed E-state index contributed by atoms with van der Waals surface area (Å²) in [5.41, 5.74) is 0.206. The van der Waals surface area contributed by atoms with Gasteiger partial charge in [0.2, 0.25) is 11.7 Å². The molecule has 1 heterocycles. The van der Waals surface area contributed by atoms with Crippen LogP contribution in [-0.2, 0) is 6.42 Å². The predicted octanol–water partition coefficient (Wildman–Crippen LogP) is 2.99. The predicted molar refractivity (Wildman–Crippen MR) is 82.1 cm³/mol. The van der Waals surface area contributed by atoms with Crippen LogP contribution < -0.4 is 5.32 Å². The average Bonchev–Trinajstić information content (AvgIpc) is 3.04. The van der Waals surface area contributed by atoms with Gasteiger partial charge < -0.3 is 9.84 Å². The van der Waals surface area contributed by atoms with E-state index < -0.39 is 17.5 Å². The molecule has 0 radical (unpaired) electrons. The molecule has 5 nitrogen and oxygen atoms in total. The number of nitrogens with one attached hydrogen (secondary N) is 1. The van der Waals surface area contributed by atoms with Gasteiger partial charge in [-0.05, 0) is 24.3 Å². The largest absolute Gasteiger partial charge is 0.351 e. The van der Waals surface area contributed by atoms with Crippen molar-refractivity contribution in [2.45, 2.75) is 6.42 Å². The Hall–Kier alpha value is -3.09. The van der Waals surface area contributed by atoms with Crippen LogP contribution in [0.1, 0.15) is 16.2 Å². The standard InChI is InChI=1S/C17H13F2N3O2/c18-13-7-3-1-5-11(13)16-21-15(24-22-16)9-10-20-17(23)12-6-2-4-8-14(12)19/h1-8H,9-10H2,(H,20,23). The summed E-state index contributed by atoms with van der Waals surface area (Å²) in [7, 11) is 0. The van der Waals surface area contributed by atoms with Crippen molar-refractivity contribution in [3.8, 4) is 11.4 Å². The van der Waals surface area contributed by atoms with E-state index >= 15 is 0 Å². The number of halogens is 2. The first-order valence-corrected chi connectivity index (χ1v) is 7.25. The van der Waals surface area contributed by atoms with Crippen LogP contribution in [0, 0.1) is 11.6 Å². The summed E-state index contributed by atoms with van der Waals surface area (Å²) in [6, 6.07) is 11.8. The minimum absolute atomic E-state index is 0.0323. The third-order valence-electron chi connectivity index (χ3n) is 3.33. The fourth-order valence-electron chi connectivity index (χ4n) is 2.13. The second-order valence-corrected chi connectivity index (χ2v) is 4.98. The van der Waals surface area contributed by atoms with E-state index in [1.54, 1.807) is 24.3 Å². The second kappa shape index (κ2) is 6.99. The van der Waals surface area contributed by atoms with Crippen molar-refractivity contribution >= 4 is 5.91 Å². The van der Waals surface area contributed by atoms with E-state index in [0.717, 1.165) is 0 Å². The summed E-state index contributed by atoms with van der Waals surface area (Å²) in [6.07, 6.45) is 0.252. The fourth-order valence-corrected chi connectivity index (χ4v) is 2.13. The maximum Gasteiger partial charge on any atom is 0.254 e. The molecule has 0 bridgehead atoms. The Kier molecular flexibility index (Phi) is 4.60. The van der Waals surface area contributed by atoms with Gasteiger partial charge in [0.25, 0.3) is 5.91 Å². The van der Waals surface area contributed by atoms with Gasteiger partial charge in [-0.3, -0.25) is 4.79 Å². The van der Waals surface area contributed by atoms with E-state index in [9.17, 15) is 13.6 Å². The number of rotatable bonds is 5. The molecule has 0 unspecified atom stereocenters. The molecule has 0 spiro atoms. The van der Waals surface area contributed by atoms with Crippen molar-refractivity contribution in [3.05, 3.63) is 71.6 Å². The zero-order chi connectivity index (χ0) is 16.9. The normalized spacial score (nSPS) is 10.6. The van der Waals surface area contributed by atoms with Crippen molar-refractivity contribution in [2.75, 3.05) is 6.54 Å². The molecule has 122 valence electrons. The highest BCUT2D eigenvalue weighted by molar-refractivity contribution is 5.94. The van der Waals surface area contributed by atoms with E-state index in [1.807, 2.05) is 0 Å². The Labute approximate surface area is 136 Å². The summed E-state index contributed by atoms with van der Waals surface area (Å²) in [5, 5.41) is 6.29. The molecule has 3 rings (SSSR count). The summed E-state index contributed by atoms with van der Waals surface area (Å²) in [5.74, 6) is -1.17. The average molecular weight is 329 g/mol. The molecule has 1 amide bonds. The van der Waals surface area contributed by atoms with Crippen LogP contribution in [0.3, 0.4) is 0 Å². The minimum atomic E-state index is -0.588. The second-order valence-electron chi connectivity index (χ2n) is 4.98. The van der Waals surface area contributed by atoms with Crippen molar-refractivity contribution in [1.29, 1.82) is 0 Å². The fraction of sp³-hybridized carbons (Fsp3) is 0.118. The molecule has 2 aromatic carbocycles. The van der Waals surface area contributed by atoms with Gasteiger partial charge in [-0.25, -0.2) is 8.78 Å². The minimum Gasteiger partial charge on any atom is -0.351 e. The van der Waals surface area contributed by atoms with E-state index in [4.69, 9.17) is 4.52 Å². The van der Waals surface area contributed by atoms with Crippen LogP contribution >= 0.6 is 0 Å². The van der Waals surface area contributed by atoms with E-state index in [-0.39, 0.29) is 35.8 Å². The van der Waals surface area contributed by atoms with Crippen molar-refractivity contribution in [1.82, 2.24) is 15.5 Å². The number of nitrogens with zero attached hydrogens (tertiary/aromatic N) is 2. The van der Waals surface area contributed by atoms with Crippen LogP contribution in [0.15, 0.2) is 53.1 Å². The first-order valence-electron chi connectivity index (χ1n) is 7.25. The van der Waals surface area contributed by atoms with Crippen LogP contribution in [0.25, 0.3) is 11.4 Å². The monoisotopic (exact) mass is 329 g/mol. The molecular formula is C17H13F2N3O2. The van der Waals surface area contributed by atoms with Gasteiger partial charge in [0, 0.05) is 13.0 Å². The van der Waals surface area contributed by atoms with E-state index in [1.165, 1.54) is 24.3 Å². The molecule has 1 aromatic heterocycles. The smallest absolute Gasteiger partial charge is 0.254 e. The maximum absolute atomic E-state index is 13.7. The molecule has 0 saturated heterocycles. The summed E-state index contributed by atoms with van der Waals surface area (Å²) < 4.78 is 32.2. The molecule has 24 heavy (non-hydrogen) atoms. The molecule has 0 aliphatic carbocycles. The first-order chi connectivity index (χ1) is 11.6. The first kappa shape index (κ1) is 15.8. The molecule has 0 saturated carbocycles. The Balaban J connectivity index is 1.59. The SMILES string of the molecule is O=C(NCCc1nc(-c2ccccc2F)no1)c1ccccc1F. The highest BCUT2D eigenvalue weighted by Crippen LogP contribution is 2.19. The Morgan fingerprint density at radius 3 is 2.50 bits per heavy atom. The number of hydrogen-bond acceptors (Lipinski definition) is 4. The number of benzene rings is 2. The lowest BCUT2D eigenvalue weighted by atomic mass is 10.2. The Morgan fingerprint density at radius 1 is 1.04 bits per heavy atom. The zero-order valence-electron chi connectivity index (χ0n) is 12.5. The molecule has 1 N–H and O–H groups in total. The van der Waals surface area contributed by atoms with Gasteiger partial charge in [0.1, 0.15) is 11.6 Å². The highest BCUT2D eigenvalue weighted by atomic mass is 19.1.